The maximum Gasteiger partial charge on any atom is 0.319 e. The summed E-state index contributed by atoms with van der Waals surface area (Å²) in [5.41, 5.74) is 2.85. The van der Waals surface area contributed by atoms with Gasteiger partial charge in [0.25, 0.3) is 0 Å². The first-order valence-corrected chi connectivity index (χ1v) is 12.5. The molecule has 0 atom stereocenters. The van der Waals surface area contributed by atoms with E-state index in [9.17, 15) is 5.11 Å². The number of morpholine rings is 1. The maximum absolute atomic E-state index is 10.6. The molecule has 0 saturated carbocycles. The molecule has 0 aliphatic carbocycles. The lowest BCUT2D eigenvalue weighted by Crippen LogP contribution is -2.37. The van der Waals surface area contributed by atoms with Crippen LogP contribution in [0.15, 0.2) is 48.2 Å². The van der Waals surface area contributed by atoms with Crippen LogP contribution in [0, 0.1) is 10.8 Å². The minimum Gasteiger partial charge on any atom is -0.450 e. The molecule has 4 heterocycles. The molecule has 11 nitrogen and oxygen atoms in total. The maximum atomic E-state index is 10.6. The average Bonchev–Trinajstić information content (AvgIpc) is 3.55. The number of rotatable bonds is 9. The van der Waals surface area contributed by atoms with Crippen molar-refractivity contribution in [2.75, 3.05) is 31.2 Å². The fraction of sp³-hybridized carbons (Fsp3) is 0.346. The monoisotopic (exact) mass is 513 g/mol. The minimum absolute atomic E-state index is 0.240. The number of anilines is 1. The number of aromatic nitrogens is 5. The lowest BCUT2D eigenvalue weighted by Gasteiger charge is -2.28. The third-order valence-corrected chi connectivity index (χ3v) is 6.72. The van der Waals surface area contributed by atoms with Crippen LogP contribution in [0.25, 0.3) is 27.8 Å². The molecule has 1 saturated heterocycles. The molecule has 0 bridgehead atoms. The predicted octanol–water partition coefficient (Wildman–Crippen LogP) is 2.36. The van der Waals surface area contributed by atoms with Crippen LogP contribution in [0.5, 0.6) is 0 Å². The molecular weight excluding hydrogens is 483 g/mol. The Bertz CT molecular complexity index is 1530. The SMILES string of the molecule is CC(C)(O)c1cc2c(N3CCOCC3)nc(-c3cccc4c3cnn4CCC(=N)/C(C=N)=C/[B]O)nn2c1. The topological polar surface area (TPSA) is 149 Å². The van der Waals surface area contributed by atoms with Crippen molar-refractivity contribution in [1.29, 1.82) is 10.8 Å². The molecule has 4 aromatic rings. The molecule has 0 spiro atoms. The van der Waals surface area contributed by atoms with Gasteiger partial charge >= 0.3 is 7.48 Å². The number of benzene rings is 1. The van der Waals surface area contributed by atoms with E-state index in [2.05, 4.69) is 10.00 Å². The second-order valence-electron chi connectivity index (χ2n) is 9.73. The summed E-state index contributed by atoms with van der Waals surface area (Å²) in [7, 11) is 0.835. The Morgan fingerprint density at radius 1 is 1.24 bits per heavy atom. The molecule has 38 heavy (non-hydrogen) atoms. The summed E-state index contributed by atoms with van der Waals surface area (Å²) >= 11 is 0. The van der Waals surface area contributed by atoms with Crippen LogP contribution in [-0.4, -0.2) is 80.2 Å². The van der Waals surface area contributed by atoms with E-state index in [1.165, 1.54) is 5.98 Å². The molecule has 195 valence electrons. The van der Waals surface area contributed by atoms with Gasteiger partial charge in [-0.05, 0) is 26.0 Å². The van der Waals surface area contributed by atoms with Gasteiger partial charge in [0.2, 0.25) is 0 Å². The molecule has 4 N–H and O–H groups in total. The van der Waals surface area contributed by atoms with Gasteiger partial charge in [-0.1, -0.05) is 18.1 Å². The molecule has 12 heteroatoms. The number of nitrogens with one attached hydrogen (secondary N) is 2. The van der Waals surface area contributed by atoms with Gasteiger partial charge in [-0.25, -0.2) is 9.50 Å². The average molecular weight is 513 g/mol. The van der Waals surface area contributed by atoms with E-state index in [0.29, 0.717) is 50.7 Å². The Morgan fingerprint density at radius 2 is 2.03 bits per heavy atom. The van der Waals surface area contributed by atoms with Crippen molar-refractivity contribution in [3.63, 3.8) is 0 Å². The van der Waals surface area contributed by atoms with Crippen LogP contribution in [0.2, 0.25) is 0 Å². The van der Waals surface area contributed by atoms with E-state index in [1.54, 1.807) is 24.6 Å². The molecule has 5 rings (SSSR count). The fourth-order valence-electron chi connectivity index (χ4n) is 4.59. The summed E-state index contributed by atoms with van der Waals surface area (Å²) < 4.78 is 9.16. The number of hydrogen-bond donors (Lipinski definition) is 4. The van der Waals surface area contributed by atoms with Crippen molar-refractivity contribution in [2.45, 2.75) is 32.4 Å². The molecule has 0 unspecified atom stereocenters. The lowest BCUT2D eigenvalue weighted by molar-refractivity contribution is 0.0786. The molecule has 1 radical (unpaired) electrons. The Morgan fingerprint density at radius 3 is 2.74 bits per heavy atom. The molecule has 1 aliphatic rings. The van der Waals surface area contributed by atoms with Crippen LogP contribution in [0.4, 0.5) is 5.82 Å². The third kappa shape index (κ3) is 4.97. The predicted molar refractivity (Wildman–Crippen MR) is 147 cm³/mol. The third-order valence-electron chi connectivity index (χ3n) is 6.72. The Balaban J connectivity index is 1.55. The van der Waals surface area contributed by atoms with Crippen LogP contribution in [0.3, 0.4) is 0 Å². The normalized spacial score (nSPS) is 14.8. The van der Waals surface area contributed by atoms with Gasteiger partial charge in [-0.3, -0.25) is 4.68 Å². The van der Waals surface area contributed by atoms with E-state index < -0.39 is 5.60 Å². The molecule has 0 amide bonds. The zero-order valence-corrected chi connectivity index (χ0v) is 21.4. The molecule has 1 aromatic carbocycles. The van der Waals surface area contributed by atoms with Crippen molar-refractivity contribution in [3.8, 4) is 11.4 Å². The molecular formula is C26H30BN8O3. The second kappa shape index (κ2) is 10.5. The van der Waals surface area contributed by atoms with Gasteiger partial charge in [-0.2, -0.15) is 5.10 Å². The molecule has 1 aliphatic heterocycles. The van der Waals surface area contributed by atoms with Crippen LogP contribution >= 0.6 is 0 Å². The van der Waals surface area contributed by atoms with Gasteiger partial charge < -0.3 is 30.6 Å². The van der Waals surface area contributed by atoms with Gasteiger partial charge in [0, 0.05) is 66.3 Å². The summed E-state index contributed by atoms with van der Waals surface area (Å²) in [6.07, 6.45) is 5.03. The standard InChI is InChI=1S/C26H30BN8O3/c1-26(2,36)18-12-23-25(33-8-10-38-11-9-33)31-24(32-35(23)16-18)19-4-3-5-22-20(19)15-30-34(22)7-6-21(29)17(14-28)13-27-37/h3-5,12-16,28-29,36-37H,6-11H2,1-2H3/b17-13+,28-14?,29-21?. The number of nitrogens with zero attached hydrogens (tertiary/aromatic N) is 6. The Labute approximate surface area is 220 Å². The highest BCUT2D eigenvalue weighted by molar-refractivity contribution is 6.36. The first-order valence-electron chi connectivity index (χ1n) is 12.5. The van der Waals surface area contributed by atoms with Crippen LogP contribution < -0.4 is 4.90 Å². The summed E-state index contributed by atoms with van der Waals surface area (Å²) in [6.45, 7) is 6.60. The van der Waals surface area contributed by atoms with Crippen molar-refractivity contribution >= 4 is 41.6 Å². The highest BCUT2D eigenvalue weighted by Crippen LogP contribution is 2.32. The minimum atomic E-state index is -1.02. The fourth-order valence-corrected chi connectivity index (χ4v) is 4.59. The van der Waals surface area contributed by atoms with Crippen molar-refractivity contribution < 1.29 is 14.9 Å². The second-order valence-corrected chi connectivity index (χ2v) is 9.73. The molecule has 3 aromatic heterocycles. The smallest absolute Gasteiger partial charge is 0.319 e. The Kier molecular flexibility index (Phi) is 7.11. The highest BCUT2D eigenvalue weighted by atomic mass is 16.5. The van der Waals surface area contributed by atoms with Gasteiger partial charge in [0.1, 0.15) is 5.52 Å². The van der Waals surface area contributed by atoms with Gasteiger partial charge in [0.15, 0.2) is 11.6 Å². The van der Waals surface area contributed by atoms with Crippen LogP contribution in [-0.2, 0) is 16.9 Å². The van der Waals surface area contributed by atoms with Crippen LogP contribution in [0.1, 0.15) is 25.8 Å². The van der Waals surface area contributed by atoms with E-state index in [-0.39, 0.29) is 5.71 Å². The number of aliphatic hydroxyl groups is 1. The number of hydrogen-bond acceptors (Lipinski definition) is 9. The van der Waals surface area contributed by atoms with E-state index in [4.69, 9.17) is 30.7 Å². The first kappa shape index (κ1) is 25.8. The number of allylic oxidation sites excluding steroid dienone is 1. The summed E-state index contributed by atoms with van der Waals surface area (Å²) in [5.74, 6) is 2.67. The zero-order valence-electron chi connectivity index (χ0n) is 21.4. The molecule has 1 fully saturated rings. The number of aryl methyl sites for hydroxylation is 1. The van der Waals surface area contributed by atoms with E-state index >= 15 is 0 Å². The van der Waals surface area contributed by atoms with E-state index in [0.717, 1.165) is 47.1 Å². The lowest BCUT2D eigenvalue weighted by atomic mass is 9.94. The number of ether oxygens (including phenoxy) is 1. The summed E-state index contributed by atoms with van der Waals surface area (Å²) in [5, 5.41) is 45.6. The first-order chi connectivity index (χ1) is 18.3. The van der Waals surface area contributed by atoms with E-state index in [1.807, 2.05) is 35.1 Å². The summed E-state index contributed by atoms with van der Waals surface area (Å²) in [4.78, 5) is 7.19. The zero-order chi connectivity index (χ0) is 26.9. The van der Waals surface area contributed by atoms with Crippen molar-refractivity contribution in [1.82, 2.24) is 24.4 Å². The Hall–Kier alpha value is -3.87. The van der Waals surface area contributed by atoms with Crippen molar-refractivity contribution in [2.24, 2.45) is 0 Å². The van der Waals surface area contributed by atoms with Crippen molar-refractivity contribution in [3.05, 3.63) is 53.8 Å². The highest BCUT2D eigenvalue weighted by Gasteiger charge is 2.24. The van der Waals surface area contributed by atoms with Gasteiger partial charge in [0.05, 0.1) is 30.5 Å². The summed E-state index contributed by atoms with van der Waals surface area (Å²) in [6, 6.07) is 7.81. The number of fused-ring (bicyclic) bond motifs is 2. The van der Waals surface area contributed by atoms with Gasteiger partial charge in [-0.15, -0.1) is 5.10 Å². The quantitative estimate of drug-likeness (QED) is 0.198. The largest absolute Gasteiger partial charge is 0.450 e.